The fourth-order valence-corrected chi connectivity index (χ4v) is 2.73. The van der Waals surface area contributed by atoms with Crippen molar-refractivity contribution in [1.82, 2.24) is 5.32 Å². The van der Waals surface area contributed by atoms with Gasteiger partial charge in [-0.25, -0.2) is 0 Å². The van der Waals surface area contributed by atoms with E-state index in [2.05, 4.69) is 29.6 Å². The summed E-state index contributed by atoms with van der Waals surface area (Å²) in [5, 5.41) is 3.49. The van der Waals surface area contributed by atoms with E-state index in [0.29, 0.717) is 6.61 Å². The Balaban J connectivity index is 1.45. The van der Waals surface area contributed by atoms with Gasteiger partial charge in [-0.15, -0.1) is 0 Å². The van der Waals surface area contributed by atoms with Gasteiger partial charge in [0.25, 0.3) is 0 Å². The molecule has 0 fully saturated rings. The second kappa shape index (κ2) is 9.64. The molecule has 3 rings (SSSR count). The van der Waals surface area contributed by atoms with E-state index in [4.69, 9.17) is 9.47 Å². The zero-order valence-corrected chi connectivity index (χ0v) is 15.2. The quantitative estimate of drug-likeness (QED) is 0.539. The van der Waals surface area contributed by atoms with E-state index in [-0.39, 0.29) is 0 Å². The highest BCUT2D eigenvalue weighted by molar-refractivity contribution is 5.34. The average molecular weight is 347 g/mol. The minimum Gasteiger partial charge on any atom is -0.494 e. The van der Waals surface area contributed by atoms with Gasteiger partial charge in [0.2, 0.25) is 0 Å². The van der Waals surface area contributed by atoms with E-state index in [1.165, 1.54) is 11.1 Å². The van der Waals surface area contributed by atoms with Gasteiger partial charge in [0.05, 0.1) is 6.61 Å². The third kappa shape index (κ3) is 5.64. The molecule has 0 bridgehead atoms. The molecule has 0 atom stereocenters. The number of hydrogen-bond acceptors (Lipinski definition) is 3. The highest BCUT2D eigenvalue weighted by Gasteiger charge is 2.00. The Bertz CT molecular complexity index is 785. The molecule has 0 saturated heterocycles. The summed E-state index contributed by atoms with van der Waals surface area (Å²) >= 11 is 0. The van der Waals surface area contributed by atoms with Crippen molar-refractivity contribution in [3.8, 4) is 17.2 Å². The molecule has 0 aliphatic carbocycles. The van der Waals surface area contributed by atoms with E-state index in [9.17, 15) is 0 Å². The lowest BCUT2D eigenvalue weighted by atomic mass is 10.1. The number of benzene rings is 3. The second-order valence-corrected chi connectivity index (χ2v) is 6.07. The van der Waals surface area contributed by atoms with Gasteiger partial charge >= 0.3 is 0 Å². The maximum atomic E-state index is 5.89. The molecule has 3 aromatic carbocycles. The maximum Gasteiger partial charge on any atom is 0.127 e. The fourth-order valence-electron chi connectivity index (χ4n) is 2.73. The molecule has 0 saturated carbocycles. The monoisotopic (exact) mass is 347 g/mol. The van der Waals surface area contributed by atoms with Crippen molar-refractivity contribution in [1.29, 1.82) is 0 Å². The number of hydrogen-bond donors (Lipinski definition) is 1. The summed E-state index contributed by atoms with van der Waals surface area (Å²) in [6.07, 6.45) is 0.993. The molecule has 0 heterocycles. The lowest BCUT2D eigenvalue weighted by Crippen LogP contribution is -2.16. The second-order valence-electron chi connectivity index (χ2n) is 6.07. The molecule has 0 aliphatic rings. The molecule has 26 heavy (non-hydrogen) atoms. The largest absolute Gasteiger partial charge is 0.494 e. The summed E-state index contributed by atoms with van der Waals surface area (Å²) in [6.45, 7) is 4.45. The summed E-state index contributed by atoms with van der Waals surface area (Å²) < 4.78 is 11.4. The SMILES string of the molecule is CCOc1ccc(CCNCc2cccc(Oc3ccccc3)c2)cc1. The van der Waals surface area contributed by atoms with Crippen LogP contribution in [0.1, 0.15) is 18.1 Å². The molecular formula is C23H25NO2. The third-order valence-corrected chi connectivity index (χ3v) is 4.03. The van der Waals surface area contributed by atoms with Gasteiger partial charge < -0.3 is 14.8 Å². The van der Waals surface area contributed by atoms with Gasteiger partial charge in [0, 0.05) is 6.54 Å². The van der Waals surface area contributed by atoms with Crippen molar-refractivity contribution < 1.29 is 9.47 Å². The normalized spacial score (nSPS) is 10.5. The van der Waals surface area contributed by atoms with Crippen LogP contribution in [-0.2, 0) is 13.0 Å². The van der Waals surface area contributed by atoms with Gasteiger partial charge in [-0.3, -0.25) is 0 Å². The van der Waals surface area contributed by atoms with Crippen molar-refractivity contribution in [2.75, 3.05) is 13.2 Å². The van der Waals surface area contributed by atoms with Crippen LogP contribution in [0.3, 0.4) is 0 Å². The Kier molecular flexibility index (Phi) is 6.68. The Morgan fingerprint density at radius 2 is 1.50 bits per heavy atom. The van der Waals surface area contributed by atoms with Crippen molar-refractivity contribution in [2.45, 2.75) is 19.9 Å². The molecule has 1 N–H and O–H groups in total. The molecule has 0 aliphatic heterocycles. The Hall–Kier alpha value is -2.78. The van der Waals surface area contributed by atoms with Crippen molar-refractivity contribution in [3.05, 3.63) is 90.0 Å². The topological polar surface area (TPSA) is 30.5 Å². The molecule has 134 valence electrons. The predicted octanol–water partition coefficient (Wildman–Crippen LogP) is 5.21. The first-order valence-electron chi connectivity index (χ1n) is 9.08. The minimum atomic E-state index is 0.702. The van der Waals surface area contributed by atoms with E-state index in [0.717, 1.165) is 36.8 Å². The Morgan fingerprint density at radius 3 is 2.27 bits per heavy atom. The summed E-state index contributed by atoms with van der Waals surface area (Å²) in [6, 6.07) is 26.4. The van der Waals surface area contributed by atoms with E-state index in [1.807, 2.05) is 61.5 Å². The van der Waals surface area contributed by atoms with Gasteiger partial charge in [0.1, 0.15) is 17.2 Å². The number of para-hydroxylation sites is 1. The molecular weight excluding hydrogens is 322 g/mol. The van der Waals surface area contributed by atoms with Crippen LogP contribution in [0, 0.1) is 0 Å². The van der Waals surface area contributed by atoms with E-state index >= 15 is 0 Å². The molecule has 3 nitrogen and oxygen atoms in total. The predicted molar refractivity (Wildman–Crippen MR) is 106 cm³/mol. The molecule has 0 amide bonds. The standard InChI is InChI=1S/C23H25NO2/c1-2-25-21-13-11-19(12-14-21)15-16-24-18-20-7-6-10-23(17-20)26-22-8-4-3-5-9-22/h3-14,17,24H,2,15-16,18H2,1H3. The van der Waals surface area contributed by atoms with E-state index < -0.39 is 0 Å². The summed E-state index contributed by atoms with van der Waals surface area (Å²) in [5.41, 5.74) is 2.52. The smallest absolute Gasteiger partial charge is 0.127 e. The van der Waals surface area contributed by atoms with Crippen LogP contribution in [-0.4, -0.2) is 13.2 Å². The number of ether oxygens (including phenoxy) is 2. The van der Waals surface area contributed by atoms with Gasteiger partial charge in [-0.05, 0) is 67.4 Å². The van der Waals surface area contributed by atoms with Crippen LogP contribution in [0.5, 0.6) is 17.2 Å². The first-order valence-corrected chi connectivity index (χ1v) is 9.08. The lowest BCUT2D eigenvalue weighted by molar-refractivity contribution is 0.340. The summed E-state index contributed by atoms with van der Waals surface area (Å²) in [5.74, 6) is 2.65. The zero-order chi connectivity index (χ0) is 18.0. The first kappa shape index (κ1) is 18.0. The van der Waals surface area contributed by atoms with Crippen molar-refractivity contribution in [3.63, 3.8) is 0 Å². The summed E-state index contributed by atoms with van der Waals surface area (Å²) in [7, 11) is 0. The molecule has 0 spiro atoms. The zero-order valence-electron chi connectivity index (χ0n) is 15.2. The van der Waals surface area contributed by atoms with Crippen molar-refractivity contribution in [2.24, 2.45) is 0 Å². The maximum absolute atomic E-state index is 5.89. The lowest BCUT2D eigenvalue weighted by Gasteiger charge is -2.09. The Morgan fingerprint density at radius 1 is 0.731 bits per heavy atom. The van der Waals surface area contributed by atoms with Crippen LogP contribution in [0.15, 0.2) is 78.9 Å². The van der Waals surface area contributed by atoms with Crippen LogP contribution < -0.4 is 14.8 Å². The average Bonchev–Trinajstić information content (AvgIpc) is 2.68. The van der Waals surface area contributed by atoms with E-state index in [1.54, 1.807) is 0 Å². The van der Waals surface area contributed by atoms with Crippen LogP contribution in [0.4, 0.5) is 0 Å². The van der Waals surface area contributed by atoms with Crippen LogP contribution in [0.2, 0.25) is 0 Å². The molecule has 0 radical (unpaired) electrons. The van der Waals surface area contributed by atoms with Gasteiger partial charge in [-0.2, -0.15) is 0 Å². The Labute approximate surface area is 155 Å². The number of nitrogens with one attached hydrogen (secondary N) is 1. The molecule has 0 aromatic heterocycles. The minimum absolute atomic E-state index is 0.702. The highest BCUT2D eigenvalue weighted by atomic mass is 16.5. The van der Waals surface area contributed by atoms with Crippen LogP contribution >= 0.6 is 0 Å². The summed E-state index contributed by atoms with van der Waals surface area (Å²) in [4.78, 5) is 0. The van der Waals surface area contributed by atoms with Gasteiger partial charge in [-0.1, -0.05) is 42.5 Å². The highest BCUT2D eigenvalue weighted by Crippen LogP contribution is 2.21. The van der Waals surface area contributed by atoms with Crippen LogP contribution in [0.25, 0.3) is 0 Å². The van der Waals surface area contributed by atoms with Gasteiger partial charge in [0.15, 0.2) is 0 Å². The molecule has 3 aromatic rings. The van der Waals surface area contributed by atoms with Crippen molar-refractivity contribution >= 4 is 0 Å². The first-order chi connectivity index (χ1) is 12.8. The molecule has 3 heteroatoms. The number of rotatable bonds is 9. The molecule has 0 unspecified atom stereocenters. The third-order valence-electron chi connectivity index (χ3n) is 4.03. The fraction of sp³-hybridized carbons (Fsp3) is 0.217.